The van der Waals surface area contributed by atoms with Crippen LogP contribution in [0.2, 0.25) is 5.02 Å². The van der Waals surface area contributed by atoms with Gasteiger partial charge in [-0.15, -0.1) is 0 Å². The molecule has 1 aromatic carbocycles. The zero-order valence-corrected chi connectivity index (χ0v) is 19.0. The average Bonchev–Trinajstić information content (AvgIpc) is 2.80. The number of pyridine rings is 1. The summed E-state index contributed by atoms with van der Waals surface area (Å²) in [5.41, 5.74) is 3.82. The van der Waals surface area contributed by atoms with Gasteiger partial charge in [0, 0.05) is 61.8 Å². The molecule has 2 saturated heterocycles. The minimum absolute atomic E-state index is 0.0717. The SMILES string of the molecule is C[C@H]1CNC[C@@H](C(=O)Cc2cc(-c3cccc(NCC4CCOCC4)c3)c(Cl)cn2)C1. The van der Waals surface area contributed by atoms with E-state index in [2.05, 4.69) is 40.7 Å². The first-order valence-corrected chi connectivity index (χ1v) is 11.8. The Morgan fingerprint density at radius 3 is 2.90 bits per heavy atom. The molecule has 2 aliphatic heterocycles. The summed E-state index contributed by atoms with van der Waals surface area (Å²) in [6.45, 7) is 6.61. The molecule has 4 rings (SSSR count). The van der Waals surface area contributed by atoms with Crippen LogP contribution in [0.15, 0.2) is 36.5 Å². The summed E-state index contributed by atoms with van der Waals surface area (Å²) in [6.07, 6.45) is 5.19. The van der Waals surface area contributed by atoms with Crippen LogP contribution in [0.25, 0.3) is 11.1 Å². The van der Waals surface area contributed by atoms with E-state index in [1.54, 1.807) is 6.20 Å². The number of piperidine rings is 1. The van der Waals surface area contributed by atoms with Crippen molar-refractivity contribution in [2.24, 2.45) is 17.8 Å². The van der Waals surface area contributed by atoms with E-state index < -0.39 is 0 Å². The van der Waals surface area contributed by atoms with Crippen molar-refractivity contribution in [1.29, 1.82) is 0 Å². The van der Waals surface area contributed by atoms with Crippen LogP contribution in [0.5, 0.6) is 0 Å². The predicted octanol–water partition coefficient (Wildman–Crippen LogP) is 4.60. The lowest BCUT2D eigenvalue weighted by molar-refractivity contribution is -0.123. The monoisotopic (exact) mass is 441 g/mol. The van der Waals surface area contributed by atoms with Gasteiger partial charge in [-0.1, -0.05) is 30.7 Å². The van der Waals surface area contributed by atoms with Gasteiger partial charge in [0.1, 0.15) is 5.78 Å². The molecule has 2 aliphatic rings. The number of aromatic nitrogens is 1. The van der Waals surface area contributed by atoms with Crippen molar-refractivity contribution in [3.8, 4) is 11.1 Å². The van der Waals surface area contributed by atoms with Crippen molar-refractivity contribution in [2.45, 2.75) is 32.6 Å². The van der Waals surface area contributed by atoms with Crippen molar-refractivity contribution < 1.29 is 9.53 Å². The Kier molecular flexibility index (Phi) is 7.59. The van der Waals surface area contributed by atoms with Gasteiger partial charge >= 0.3 is 0 Å². The summed E-state index contributed by atoms with van der Waals surface area (Å²) >= 11 is 6.49. The van der Waals surface area contributed by atoms with Gasteiger partial charge in [0.15, 0.2) is 0 Å². The number of nitrogens with zero attached hydrogens (tertiary/aromatic N) is 1. The fraction of sp³-hybridized carbons (Fsp3) is 0.520. The highest BCUT2D eigenvalue weighted by Gasteiger charge is 2.25. The van der Waals surface area contributed by atoms with Crippen LogP contribution in [0, 0.1) is 17.8 Å². The molecule has 2 N–H and O–H groups in total. The van der Waals surface area contributed by atoms with E-state index in [1.165, 1.54) is 0 Å². The van der Waals surface area contributed by atoms with Crippen LogP contribution in [-0.2, 0) is 16.0 Å². The fourth-order valence-corrected chi connectivity index (χ4v) is 4.75. The maximum Gasteiger partial charge on any atom is 0.143 e. The van der Waals surface area contributed by atoms with Crippen LogP contribution in [0.4, 0.5) is 5.69 Å². The van der Waals surface area contributed by atoms with E-state index in [1.807, 2.05) is 12.1 Å². The molecule has 0 spiro atoms. The number of ether oxygens (including phenoxy) is 1. The summed E-state index contributed by atoms with van der Waals surface area (Å²) in [6, 6.07) is 10.3. The van der Waals surface area contributed by atoms with Crippen LogP contribution in [0.3, 0.4) is 0 Å². The number of carbonyl (C=O) groups is 1. The highest BCUT2D eigenvalue weighted by molar-refractivity contribution is 6.33. The predicted molar refractivity (Wildman–Crippen MR) is 126 cm³/mol. The summed E-state index contributed by atoms with van der Waals surface area (Å²) in [7, 11) is 0. The van der Waals surface area contributed by atoms with E-state index in [4.69, 9.17) is 16.3 Å². The smallest absolute Gasteiger partial charge is 0.143 e. The Labute approximate surface area is 189 Å². The lowest BCUT2D eigenvalue weighted by Crippen LogP contribution is -2.39. The number of Topliss-reactive ketones (excluding diaryl/α,β-unsaturated/α-hetero) is 1. The molecule has 0 bridgehead atoms. The Morgan fingerprint density at radius 1 is 1.26 bits per heavy atom. The van der Waals surface area contributed by atoms with Gasteiger partial charge in [-0.05, 0) is 61.4 Å². The van der Waals surface area contributed by atoms with E-state index in [9.17, 15) is 4.79 Å². The summed E-state index contributed by atoms with van der Waals surface area (Å²) in [5, 5.41) is 7.53. The third kappa shape index (κ3) is 6.06. The van der Waals surface area contributed by atoms with Gasteiger partial charge in [-0.2, -0.15) is 0 Å². The van der Waals surface area contributed by atoms with Gasteiger partial charge in [0.2, 0.25) is 0 Å². The molecule has 6 heteroatoms. The molecule has 1 aromatic heterocycles. The van der Waals surface area contributed by atoms with Gasteiger partial charge in [-0.3, -0.25) is 9.78 Å². The Hall–Kier alpha value is -1.95. The highest BCUT2D eigenvalue weighted by atomic mass is 35.5. The number of benzene rings is 1. The molecule has 0 amide bonds. The number of anilines is 1. The first-order valence-electron chi connectivity index (χ1n) is 11.4. The highest BCUT2D eigenvalue weighted by Crippen LogP contribution is 2.30. The molecular formula is C25H32ClN3O2. The standard InChI is InChI=1S/C25H32ClN3O2/c1-17-9-20(15-27-13-17)25(30)12-22-11-23(24(26)16-29-22)19-3-2-4-21(10-19)28-14-18-5-7-31-8-6-18/h2-4,10-11,16-18,20,27-28H,5-9,12-15H2,1H3/t17-,20+/m1/s1. The minimum atomic E-state index is 0.0717. The van der Waals surface area contributed by atoms with Crippen molar-refractivity contribution in [1.82, 2.24) is 10.3 Å². The van der Waals surface area contributed by atoms with Crippen molar-refractivity contribution in [3.63, 3.8) is 0 Å². The lowest BCUT2D eigenvalue weighted by Gasteiger charge is -2.26. The number of hydrogen-bond acceptors (Lipinski definition) is 5. The van der Waals surface area contributed by atoms with Crippen LogP contribution in [-0.4, -0.2) is 43.6 Å². The molecule has 0 aliphatic carbocycles. The maximum atomic E-state index is 12.8. The number of ketones is 1. The van der Waals surface area contributed by atoms with Gasteiger partial charge in [-0.25, -0.2) is 0 Å². The number of hydrogen-bond donors (Lipinski definition) is 2. The Bertz CT molecular complexity index is 898. The zero-order valence-electron chi connectivity index (χ0n) is 18.2. The first-order chi connectivity index (χ1) is 15.1. The van der Waals surface area contributed by atoms with Gasteiger partial charge in [0.05, 0.1) is 5.02 Å². The minimum Gasteiger partial charge on any atom is -0.385 e. The second-order valence-electron chi connectivity index (χ2n) is 9.01. The van der Waals surface area contributed by atoms with Gasteiger partial charge < -0.3 is 15.4 Å². The van der Waals surface area contributed by atoms with Crippen molar-refractivity contribution in [3.05, 3.63) is 47.2 Å². The van der Waals surface area contributed by atoms with E-state index >= 15 is 0 Å². The zero-order chi connectivity index (χ0) is 21.6. The largest absolute Gasteiger partial charge is 0.385 e. The average molecular weight is 442 g/mol. The van der Waals surface area contributed by atoms with Crippen LogP contribution < -0.4 is 10.6 Å². The third-order valence-electron chi connectivity index (χ3n) is 6.40. The third-order valence-corrected chi connectivity index (χ3v) is 6.70. The van der Waals surface area contributed by atoms with Crippen molar-refractivity contribution >= 4 is 23.1 Å². The second-order valence-corrected chi connectivity index (χ2v) is 9.42. The topological polar surface area (TPSA) is 63.2 Å². The molecule has 2 aromatic rings. The van der Waals surface area contributed by atoms with Gasteiger partial charge in [0.25, 0.3) is 0 Å². The van der Waals surface area contributed by atoms with E-state index in [0.717, 1.165) is 74.6 Å². The summed E-state index contributed by atoms with van der Waals surface area (Å²) in [5.74, 6) is 1.51. The lowest BCUT2D eigenvalue weighted by atomic mass is 9.87. The molecule has 31 heavy (non-hydrogen) atoms. The molecule has 3 heterocycles. The summed E-state index contributed by atoms with van der Waals surface area (Å²) in [4.78, 5) is 17.2. The molecule has 0 saturated carbocycles. The Morgan fingerprint density at radius 2 is 2.10 bits per heavy atom. The molecule has 2 atom stereocenters. The number of rotatable bonds is 7. The van der Waals surface area contributed by atoms with Crippen molar-refractivity contribution in [2.75, 3.05) is 38.2 Å². The number of carbonyl (C=O) groups excluding carboxylic acids is 1. The molecule has 0 unspecified atom stereocenters. The molecule has 0 radical (unpaired) electrons. The maximum absolute atomic E-state index is 12.8. The normalized spacial score (nSPS) is 22.3. The van der Waals surface area contributed by atoms with E-state index in [-0.39, 0.29) is 11.7 Å². The quantitative estimate of drug-likeness (QED) is 0.657. The number of nitrogens with one attached hydrogen (secondary N) is 2. The first kappa shape index (κ1) is 22.3. The molecule has 2 fully saturated rings. The summed E-state index contributed by atoms with van der Waals surface area (Å²) < 4.78 is 5.45. The number of halogens is 1. The second kappa shape index (κ2) is 10.6. The van der Waals surface area contributed by atoms with E-state index in [0.29, 0.717) is 23.3 Å². The fourth-order valence-electron chi connectivity index (χ4n) is 4.53. The van der Waals surface area contributed by atoms with Crippen LogP contribution >= 0.6 is 11.6 Å². The Balaban J connectivity index is 1.44. The molecule has 5 nitrogen and oxygen atoms in total. The molecular weight excluding hydrogens is 410 g/mol. The molecule has 166 valence electrons. The van der Waals surface area contributed by atoms with Crippen LogP contribution in [0.1, 0.15) is 31.9 Å².